The van der Waals surface area contributed by atoms with E-state index in [9.17, 15) is 9.59 Å². The lowest BCUT2D eigenvalue weighted by Gasteiger charge is -2.29. The van der Waals surface area contributed by atoms with Gasteiger partial charge in [0.15, 0.2) is 0 Å². The van der Waals surface area contributed by atoms with Crippen LogP contribution >= 0.6 is 12.4 Å². The van der Waals surface area contributed by atoms with E-state index < -0.39 is 0 Å². The Hall–Kier alpha value is -1.79. The summed E-state index contributed by atoms with van der Waals surface area (Å²) in [5.74, 6) is -0.131. The highest BCUT2D eigenvalue weighted by atomic mass is 35.5. The molecule has 0 bridgehead atoms. The molecule has 1 aliphatic rings. The van der Waals surface area contributed by atoms with Crippen molar-refractivity contribution in [3.05, 3.63) is 29.8 Å². The van der Waals surface area contributed by atoms with Crippen LogP contribution in [0.15, 0.2) is 24.3 Å². The van der Waals surface area contributed by atoms with Gasteiger partial charge in [0, 0.05) is 58.6 Å². The zero-order valence-electron chi connectivity index (χ0n) is 13.9. The van der Waals surface area contributed by atoms with Crippen molar-refractivity contribution in [1.82, 2.24) is 15.1 Å². The first-order valence-corrected chi connectivity index (χ1v) is 7.50. The van der Waals surface area contributed by atoms with Gasteiger partial charge in [0.2, 0.25) is 5.91 Å². The number of anilines is 1. The summed E-state index contributed by atoms with van der Waals surface area (Å²) in [6.07, 6.45) is 0. The molecule has 1 saturated heterocycles. The Morgan fingerprint density at radius 1 is 1.17 bits per heavy atom. The van der Waals surface area contributed by atoms with Crippen LogP contribution in [0.4, 0.5) is 5.69 Å². The summed E-state index contributed by atoms with van der Waals surface area (Å²) in [4.78, 5) is 29.9. The van der Waals surface area contributed by atoms with E-state index in [0.717, 1.165) is 18.8 Å². The predicted octanol–water partition coefficient (Wildman–Crippen LogP) is 0.678. The van der Waals surface area contributed by atoms with Gasteiger partial charge in [-0.1, -0.05) is 6.07 Å². The van der Waals surface area contributed by atoms with Gasteiger partial charge < -0.3 is 20.0 Å². The van der Waals surface area contributed by atoms with Gasteiger partial charge in [-0.05, 0) is 18.2 Å². The summed E-state index contributed by atoms with van der Waals surface area (Å²) >= 11 is 0. The predicted molar refractivity (Wildman–Crippen MR) is 94.4 cm³/mol. The summed E-state index contributed by atoms with van der Waals surface area (Å²) in [5, 5.41) is 3.21. The largest absolute Gasteiger partial charge is 0.378 e. The third kappa shape index (κ3) is 5.11. The van der Waals surface area contributed by atoms with E-state index >= 15 is 0 Å². The van der Waals surface area contributed by atoms with Gasteiger partial charge in [-0.25, -0.2) is 0 Å². The lowest BCUT2D eigenvalue weighted by Crippen LogP contribution is -2.49. The molecule has 2 amide bonds. The zero-order chi connectivity index (χ0) is 16.1. The quantitative estimate of drug-likeness (QED) is 0.875. The van der Waals surface area contributed by atoms with Crippen LogP contribution in [0.5, 0.6) is 0 Å². The molecule has 2 rings (SSSR count). The highest BCUT2D eigenvalue weighted by Crippen LogP contribution is 2.14. The number of carbonyl (C=O) groups is 2. The maximum atomic E-state index is 12.5. The molecular formula is C16H25ClN4O2. The fourth-order valence-corrected chi connectivity index (χ4v) is 2.43. The summed E-state index contributed by atoms with van der Waals surface area (Å²) in [5.41, 5.74) is 1.56. The molecule has 6 nitrogen and oxygen atoms in total. The molecule has 1 N–H and O–H groups in total. The van der Waals surface area contributed by atoms with E-state index in [1.807, 2.05) is 37.2 Å². The highest BCUT2D eigenvalue weighted by molar-refractivity contribution is 5.97. The second-order valence-corrected chi connectivity index (χ2v) is 5.74. The van der Waals surface area contributed by atoms with Gasteiger partial charge in [-0.15, -0.1) is 12.4 Å². The molecule has 1 aliphatic heterocycles. The summed E-state index contributed by atoms with van der Waals surface area (Å²) in [6.45, 7) is 3.15. The number of hydrogen-bond acceptors (Lipinski definition) is 4. The fourth-order valence-electron chi connectivity index (χ4n) is 2.43. The highest BCUT2D eigenvalue weighted by Gasteiger charge is 2.20. The summed E-state index contributed by atoms with van der Waals surface area (Å²) in [7, 11) is 5.53. The number of likely N-dealkylation sites (N-methyl/N-ethyl adjacent to an activating group) is 1. The summed E-state index contributed by atoms with van der Waals surface area (Å²) < 4.78 is 0. The van der Waals surface area contributed by atoms with Crippen molar-refractivity contribution >= 4 is 29.9 Å². The minimum atomic E-state index is -0.132. The molecule has 0 spiro atoms. The molecule has 0 saturated carbocycles. The number of nitrogens with one attached hydrogen (secondary N) is 1. The van der Waals surface area contributed by atoms with Crippen LogP contribution in [0.25, 0.3) is 0 Å². The monoisotopic (exact) mass is 340 g/mol. The SMILES string of the molecule is CN(CC(=O)N1CCNCC1)C(=O)c1cccc(N(C)C)c1.Cl. The molecule has 0 aromatic heterocycles. The fraction of sp³-hybridized carbons (Fsp3) is 0.500. The van der Waals surface area contributed by atoms with Crippen LogP contribution in [0.3, 0.4) is 0 Å². The number of benzene rings is 1. The smallest absolute Gasteiger partial charge is 0.254 e. The van der Waals surface area contributed by atoms with Gasteiger partial charge in [0.25, 0.3) is 5.91 Å². The molecule has 128 valence electrons. The Kier molecular flexibility index (Phi) is 7.32. The Morgan fingerprint density at radius 3 is 2.43 bits per heavy atom. The number of halogens is 1. The zero-order valence-corrected chi connectivity index (χ0v) is 14.7. The van der Waals surface area contributed by atoms with E-state index in [4.69, 9.17) is 0 Å². The number of carbonyl (C=O) groups excluding carboxylic acids is 2. The van der Waals surface area contributed by atoms with Crippen molar-refractivity contribution in [1.29, 1.82) is 0 Å². The van der Waals surface area contributed by atoms with Gasteiger partial charge in [-0.3, -0.25) is 9.59 Å². The van der Waals surface area contributed by atoms with Gasteiger partial charge in [0.05, 0.1) is 6.54 Å². The maximum Gasteiger partial charge on any atom is 0.254 e. The number of amides is 2. The van der Waals surface area contributed by atoms with Crippen LogP contribution in [-0.2, 0) is 4.79 Å². The topological polar surface area (TPSA) is 55.9 Å². The molecule has 1 aromatic carbocycles. The first kappa shape index (κ1) is 19.3. The minimum Gasteiger partial charge on any atom is -0.378 e. The number of piperazine rings is 1. The van der Waals surface area contributed by atoms with E-state index in [1.54, 1.807) is 18.0 Å². The number of nitrogens with zero attached hydrogens (tertiary/aromatic N) is 3. The lowest BCUT2D eigenvalue weighted by atomic mass is 10.1. The Bertz CT molecular complexity index is 545. The second-order valence-electron chi connectivity index (χ2n) is 5.74. The Labute approximate surface area is 143 Å². The Morgan fingerprint density at radius 2 is 1.83 bits per heavy atom. The minimum absolute atomic E-state index is 0. The first-order valence-electron chi connectivity index (χ1n) is 7.50. The Balaban J connectivity index is 0.00000264. The molecule has 1 fully saturated rings. The third-order valence-corrected chi connectivity index (χ3v) is 3.80. The second kappa shape index (κ2) is 8.74. The van der Waals surface area contributed by atoms with Crippen LogP contribution in [-0.4, -0.2) is 75.5 Å². The van der Waals surface area contributed by atoms with E-state index in [-0.39, 0.29) is 30.8 Å². The molecule has 0 aliphatic carbocycles. The molecule has 0 atom stereocenters. The average Bonchev–Trinajstić information content (AvgIpc) is 2.54. The molecule has 23 heavy (non-hydrogen) atoms. The molecule has 1 aromatic rings. The van der Waals surface area contributed by atoms with Crippen molar-refractivity contribution in [2.45, 2.75) is 0 Å². The number of hydrogen-bond donors (Lipinski definition) is 1. The van der Waals surface area contributed by atoms with E-state index in [2.05, 4.69) is 5.32 Å². The van der Waals surface area contributed by atoms with Crippen molar-refractivity contribution in [2.24, 2.45) is 0 Å². The van der Waals surface area contributed by atoms with Gasteiger partial charge >= 0.3 is 0 Å². The van der Waals surface area contributed by atoms with Crippen LogP contribution in [0.1, 0.15) is 10.4 Å². The van der Waals surface area contributed by atoms with Crippen molar-refractivity contribution in [2.75, 3.05) is 58.8 Å². The van der Waals surface area contributed by atoms with Crippen molar-refractivity contribution in [3.8, 4) is 0 Å². The molecule has 1 heterocycles. The maximum absolute atomic E-state index is 12.5. The van der Waals surface area contributed by atoms with Crippen molar-refractivity contribution in [3.63, 3.8) is 0 Å². The summed E-state index contributed by atoms with van der Waals surface area (Å²) in [6, 6.07) is 7.42. The van der Waals surface area contributed by atoms with Crippen LogP contribution in [0, 0.1) is 0 Å². The van der Waals surface area contributed by atoms with Crippen LogP contribution in [0.2, 0.25) is 0 Å². The van der Waals surface area contributed by atoms with Gasteiger partial charge in [-0.2, -0.15) is 0 Å². The van der Waals surface area contributed by atoms with E-state index in [1.165, 1.54) is 4.90 Å². The van der Waals surface area contributed by atoms with Crippen LogP contribution < -0.4 is 10.2 Å². The first-order chi connectivity index (χ1) is 10.5. The van der Waals surface area contributed by atoms with Gasteiger partial charge in [0.1, 0.15) is 0 Å². The van der Waals surface area contributed by atoms with E-state index in [0.29, 0.717) is 18.7 Å². The normalized spacial score (nSPS) is 14.0. The molecule has 0 radical (unpaired) electrons. The standard InChI is InChI=1S/C16H24N4O2.ClH/c1-18(2)14-6-4-5-13(11-14)16(22)19(3)12-15(21)20-9-7-17-8-10-20;/h4-6,11,17H,7-10,12H2,1-3H3;1H. The third-order valence-electron chi connectivity index (χ3n) is 3.80. The lowest BCUT2D eigenvalue weighted by molar-refractivity contribution is -0.132. The van der Waals surface area contributed by atoms with Crippen molar-refractivity contribution < 1.29 is 9.59 Å². The number of rotatable bonds is 4. The molecule has 0 unspecified atom stereocenters. The molecular weight excluding hydrogens is 316 g/mol. The average molecular weight is 341 g/mol. The molecule has 7 heteroatoms.